The Morgan fingerprint density at radius 1 is 1.47 bits per heavy atom. The molecule has 0 saturated heterocycles. The first kappa shape index (κ1) is 15.7. The topological polar surface area (TPSA) is 56.1 Å². The minimum Gasteiger partial charge on any atom is -0.347 e. The van der Waals surface area contributed by atoms with Crippen LogP contribution in [-0.2, 0) is 11.3 Å². The van der Waals surface area contributed by atoms with E-state index in [0.717, 1.165) is 10.0 Å². The van der Waals surface area contributed by atoms with Crippen LogP contribution >= 0.6 is 15.9 Å². The van der Waals surface area contributed by atoms with E-state index in [0.29, 0.717) is 12.1 Å². The molecule has 1 aromatic rings. The normalized spacial score (nSPS) is 10.9. The highest BCUT2D eigenvalue weighted by molar-refractivity contribution is 9.10. The van der Waals surface area contributed by atoms with Crippen LogP contribution in [0.1, 0.15) is 25.0 Å². The van der Waals surface area contributed by atoms with Gasteiger partial charge in [0.25, 0.3) is 0 Å². The molecule has 19 heavy (non-hydrogen) atoms. The quantitative estimate of drug-likeness (QED) is 0.924. The van der Waals surface area contributed by atoms with Crippen molar-refractivity contribution in [2.45, 2.75) is 25.9 Å². The fraction of sp³-hybridized carbons (Fsp3) is 0.429. The molecule has 0 unspecified atom stereocenters. The summed E-state index contributed by atoms with van der Waals surface area (Å²) < 4.78 is 0.868. The van der Waals surface area contributed by atoms with E-state index in [4.69, 9.17) is 5.26 Å². The molecule has 0 atom stereocenters. The van der Waals surface area contributed by atoms with Gasteiger partial charge in [-0.25, -0.2) is 0 Å². The summed E-state index contributed by atoms with van der Waals surface area (Å²) >= 11 is 3.44. The summed E-state index contributed by atoms with van der Waals surface area (Å²) in [4.78, 5) is 13.6. The molecule has 0 bridgehead atoms. The zero-order valence-corrected chi connectivity index (χ0v) is 13.2. The Labute approximate surface area is 122 Å². The van der Waals surface area contributed by atoms with E-state index in [-0.39, 0.29) is 5.91 Å². The van der Waals surface area contributed by atoms with Crippen LogP contribution in [0.3, 0.4) is 0 Å². The maximum atomic E-state index is 12.0. The smallest absolute Gasteiger partial charge is 0.241 e. The van der Waals surface area contributed by atoms with Crippen LogP contribution in [0.5, 0.6) is 0 Å². The first-order valence-electron chi connectivity index (χ1n) is 5.93. The molecule has 5 heteroatoms. The van der Waals surface area contributed by atoms with Gasteiger partial charge in [0.2, 0.25) is 5.91 Å². The van der Waals surface area contributed by atoms with Gasteiger partial charge in [0.1, 0.15) is 0 Å². The maximum Gasteiger partial charge on any atom is 0.241 e. The lowest BCUT2D eigenvalue weighted by molar-refractivity contribution is -0.134. The molecule has 0 aromatic heterocycles. The number of benzene rings is 1. The number of likely N-dealkylation sites (N-methyl/N-ethyl adjacent to an activating group) is 1. The van der Waals surface area contributed by atoms with Gasteiger partial charge in [-0.2, -0.15) is 5.26 Å². The average Bonchev–Trinajstić information content (AvgIpc) is 2.36. The number of halogens is 1. The second kappa shape index (κ2) is 6.18. The fourth-order valence-electron chi connectivity index (χ4n) is 1.71. The molecule has 0 spiro atoms. The first-order chi connectivity index (χ1) is 8.77. The predicted octanol–water partition coefficient (Wildman–Crippen LogP) is 2.28. The summed E-state index contributed by atoms with van der Waals surface area (Å²) in [6.45, 7) is 4.26. The molecule has 0 aliphatic heterocycles. The Morgan fingerprint density at radius 3 is 2.58 bits per heavy atom. The number of amides is 1. The van der Waals surface area contributed by atoms with Crippen LogP contribution in [-0.4, -0.2) is 30.4 Å². The van der Waals surface area contributed by atoms with Crippen LogP contribution in [0.2, 0.25) is 0 Å². The Bertz CT molecular complexity index is 518. The summed E-state index contributed by atoms with van der Waals surface area (Å²) in [5.74, 6) is 0.0252. The molecule has 0 heterocycles. The number of hydrogen-bond donors (Lipinski definition) is 1. The molecule has 0 saturated carbocycles. The molecular weight excluding hydrogens is 306 g/mol. The van der Waals surface area contributed by atoms with Gasteiger partial charge >= 0.3 is 0 Å². The zero-order chi connectivity index (χ0) is 14.6. The maximum absolute atomic E-state index is 12.0. The Morgan fingerprint density at radius 2 is 2.11 bits per heavy atom. The van der Waals surface area contributed by atoms with E-state index in [1.54, 1.807) is 31.1 Å². The lowest BCUT2D eigenvalue weighted by Crippen LogP contribution is -2.51. The van der Waals surface area contributed by atoms with Crippen molar-refractivity contribution in [2.75, 3.05) is 14.1 Å². The molecule has 102 valence electrons. The zero-order valence-electron chi connectivity index (χ0n) is 11.6. The third-order valence-corrected chi connectivity index (χ3v) is 3.58. The standard InChI is InChI=1S/C14H18BrN3O/c1-14(2,13(19)18(3)4)17-9-11-6-5-10(8-16)7-12(11)15/h5-7,17H,9H2,1-4H3. The third-order valence-electron chi connectivity index (χ3n) is 2.84. The molecule has 0 aliphatic rings. The number of rotatable bonds is 4. The van der Waals surface area contributed by atoms with Gasteiger partial charge in [-0.05, 0) is 31.5 Å². The third kappa shape index (κ3) is 4.05. The monoisotopic (exact) mass is 323 g/mol. The SMILES string of the molecule is CN(C)C(=O)C(C)(C)NCc1ccc(C#N)cc1Br. The van der Waals surface area contributed by atoms with Crippen molar-refractivity contribution in [1.29, 1.82) is 5.26 Å². The van der Waals surface area contributed by atoms with Crippen LogP contribution in [0, 0.1) is 11.3 Å². The second-order valence-electron chi connectivity index (χ2n) is 5.10. The lowest BCUT2D eigenvalue weighted by atomic mass is 10.0. The fourth-order valence-corrected chi connectivity index (χ4v) is 2.23. The Balaban J connectivity index is 2.77. The predicted molar refractivity (Wildman–Crippen MR) is 78.5 cm³/mol. The van der Waals surface area contributed by atoms with Crippen LogP contribution in [0.25, 0.3) is 0 Å². The van der Waals surface area contributed by atoms with E-state index >= 15 is 0 Å². The molecule has 1 aromatic carbocycles. The number of nitriles is 1. The number of carbonyl (C=O) groups excluding carboxylic acids is 1. The molecule has 4 nitrogen and oxygen atoms in total. The van der Waals surface area contributed by atoms with Gasteiger partial charge in [0, 0.05) is 25.1 Å². The minimum atomic E-state index is -0.628. The van der Waals surface area contributed by atoms with Gasteiger partial charge in [-0.3, -0.25) is 10.1 Å². The second-order valence-corrected chi connectivity index (χ2v) is 5.95. The molecule has 0 fully saturated rings. The largest absolute Gasteiger partial charge is 0.347 e. The first-order valence-corrected chi connectivity index (χ1v) is 6.72. The summed E-state index contributed by atoms with van der Waals surface area (Å²) in [5.41, 5.74) is 0.995. The molecule has 0 aliphatic carbocycles. The van der Waals surface area contributed by atoms with Gasteiger partial charge in [-0.1, -0.05) is 22.0 Å². The average molecular weight is 324 g/mol. The molecule has 1 rings (SSSR count). The van der Waals surface area contributed by atoms with Gasteiger partial charge in [0.15, 0.2) is 0 Å². The van der Waals surface area contributed by atoms with Crippen molar-refractivity contribution < 1.29 is 4.79 Å². The number of nitrogens with one attached hydrogen (secondary N) is 1. The molecule has 1 N–H and O–H groups in total. The van der Waals surface area contributed by atoms with Crippen molar-refractivity contribution in [3.8, 4) is 6.07 Å². The van der Waals surface area contributed by atoms with Gasteiger partial charge in [-0.15, -0.1) is 0 Å². The van der Waals surface area contributed by atoms with E-state index in [1.165, 1.54) is 0 Å². The Hall–Kier alpha value is -1.38. The van der Waals surface area contributed by atoms with Gasteiger partial charge in [0.05, 0.1) is 17.2 Å². The van der Waals surface area contributed by atoms with E-state index in [9.17, 15) is 4.79 Å². The summed E-state index contributed by atoms with van der Waals surface area (Å²) in [6.07, 6.45) is 0. The molecule has 1 amide bonds. The number of hydrogen-bond acceptors (Lipinski definition) is 3. The van der Waals surface area contributed by atoms with Crippen molar-refractivity contribution in [2.24, 2.45) is 0 Å². The lowest BCUT2D eigenvalue weighted by Gasteiger charge is -2.28. The van der Waals surface area contributed by atoms with E-state index < -0.39 is 5.54 Å². The Kier molecular flexibility index (Phi) is 5.10. The summed E-state index contributed by atoms with van der Waals surface area (Å²) in [5, 5.41) is 12.0. The highest BCUT2D eigenvalue weighted by Gasteiger charge is 2.28. The van der Waals surface area contributed by atoms with Crippen molar-refractivity contribution in [3.05, 3.63) is 33.8 Å². The number of carbonyl (C=O) groups is 1. The van der Waals surface area contributed by atoms with Crippen LogP contribution < -0.4 is 5.32 Å². The van der Waals surface area contributed by atoms with Crippen molar-refractivity contribution >= 4 is 21.8 Å². The summed E-state index contributed by atoms with van der Waals surface area (Å²) in [6, 6.07) is 7.51. The van der Waals surface area contributed by atoms with E-state index in [2.05, 4.69) is 27.3 Å². The highest BCUT2D eigenvalue weighted by Crippen LogP contribution is 2.19. The van der Waals surface area contributed by atoms with Gasteiger partial charge < -0.3 is 4.90 Å². The molecule has 0 radical (unpaired) electrons. The van der Waals surface area contributed by atoms with E-state index in [1.807, 2.05) is 19.9 Å². The highest BCUT2D eigenvalue weighted by atomic mass is 79.9. The van der Waals surface area contributed by atoms with Crippen LogP contribution in [0.4, 0.5) is 0 Å². The van der Waals surface area contributed by atoms with Crippen molar-refractivity contribution in [1.82, 2.24) is 10.2 Å². The van der Waals surface area contributed by atoms with Crippen molar-refractivity contribution in [3.63, 3.8) is 0 Å². The number of nitrogens with zero attached hydrogens (tertiary/aromatic N) is 2. The summed E-state index contributed by atoms with van der Waals surface area (Å²) in [7, 11) is 3.48. The molecular formula is C14H18BrN3O. The van der Waals surface area contributed by atoms with Crippen LogP contribution in [0.15, 0.2) is 22.7 Å². The minimum absolute atomic E-state index is 0.0252.